The minimum atomic E-state index is -4.68. The topological polar surface area (TPSA) is 49.3 Å². The maximum absolute atomic E-state index is 13.0. The standard InChI is InChI=1S/C14H17F4NO2/c1-8(2)5-12(13(20)21)19-7-9-3-4-10(15)6-11(9)14(16,17)18/h3-4,6,8,12,19H,5,7H2,1-2H3,(H,20,21). The fraction of sp³-hybridized carbons (Fsp3) is 0.500. The molecule has 0 aliphatic heterocycles. The Morgan fingerprint density at radius 1 is 1.33 bits per heavy atom. The fourth-order valence-corrected chi connectivity index (χ4v) is 1.94. The van der Waals surface area contributed by atoms with Gasteiger partial charge in [-0.05, 0) is 30.0 Å². The maximum Gasteiger partial charge on any atom is 0.416 e. The molecule has 118 valence electrons. The first kappa shape index (κ1) is 17.4. The molecule has 0 radical (unpaired) electrons. The van der Waals surface area contributed by atoms with Gasteiger partial charge in [0.25, 0.3) is 0 Å². The number of rotatable bonds is 6. The molecule has 1 aromatic carbocycles. The molecule has 0 aliphatic carbocycles. The highest BCUT2D eigenvalue weighted by Crippen LogP contribution is 2.32. The summed E-state index contributed by atoms with van der Waals surface area (Å²) in [6, 6.07) is 1.40. The van der Waals surface area contributed by atoms with Gasteiger partial charge in [0.2, 0.25) is 0 Å². The molecule has 0 bridgehead atoms. The molecule has 0 aromatic heterocycles. The van der Waals surface area contributed by atoms with E-state index in [9.17, 15) is 22.4 Å². The molecule has 3 nitrogen and oxygen atoms in total. The lowest BCUT2D eigenvalue weighted by Gasteiger charge is -2.18. The van der Waals surface area contributed by atoms with E-state index in [0.717, 1.165) is 12.1 Å². The van der Waals surface area contributed by atoms with Gasteiger partial charge in [-0.1, -0.05) is 19.9 Å². The molecular formula is C14H17F4NO2. The van der Waals surface area contributed by atoms with Crippen LogP contribution in [-0.2, 0) is 17.5 Å². The Balaban J connectivity index is 2.90. The van der Waals surface area contributed by atoms with Gasteiger partial charge in [0.05, 0.1) is 5.56 Å². The van der Waals surface area contributed by atoms with E-state index in [1.54, 1.807) is 0 Å². The summed E-state index contributed by atoms with van der Waals surface area (Å²) in [7, 11) is 0. The highest BCUT2D eigenvalue weighted by atomic mass is 19.4. The summed E-state index contributed by atoms with van der Waals surface area (Å²) in [6.45, 7) is 3.34. The monoisotopic (exact) mass is 307 g/mol. The van der Waals surface area contributed by atoms with Crippen molar-refractivity contribution in [2.45, 2.75) is 39.0 Å². The van der Waals surface area contributed by atoms with Crippen molar-refractivity contribution in [3.8, 4) is 0 Å². The smallest absolute Gasteiger partial charge is 0.416 e. The summed E-state index contributed by atoms with van der Waals surface area (Å²) in [5.74, 6) is -2.03. The van der Waals surface area contributed by atoms with Crippen molar-refractivity contribution in [3.05, 3.63) is 35.1 Å². The maximum atomic E-state index is 13.0. The molecule has 0 heterocycles. The molecule has 0 saturated heterocycles. The molecule has 7 heteroatoms. The number of benzene rings is 1. The number of nitrogens with one attached hydrogen (secondary N) is 1. The predicted molar refractivity (Wildman–Crippen MR) is 69.1 cm³/mol. The van der Waals surface area contributed by atoms with Crippen LogP contribution in [0, 0.1) is 11.7 Å². The third-order valence-corrected chi connectivity index (χ3v) is 2.92. The van der Waals surface area contributed by atoms with Gasteiger partial charge in [0.1, 0.15) is 11.9 Å². The largest absolute Gasteiger partial charge is 0.480 e. The normalized spacial score (nSPS) is 13.5. The third-order valence-electron chi connectivity index (χ3n) is 2.92. The second kappa shape index (κ2) is 6.89. The number of halogens is 4. The van der Waals surface area contributed by atoms with Crippen LogP contribution in [0.3, 0.4) is 0 Å². The van der Waals surface area contributed by atoms with E-state index in [0.29, 0.717) is 6.07 Å². The van der Waals surface area contributed by atoms with Gasteiger partial charge >= 0.3 is 12.1 Å². The first-order valence-electron chi connectivity index (χ1n) is 6.43. The average Bonchev–Trinajstić information content (AvgIpc) is 2.33. The van der Waals surface area contributed by atoms with E-state index in [1.807, 2.05) is 13.8 Å². The van der Waals surface area contributed by atoms with E-state index in [4.69, 9.17) is 5.11 Å². The summed E-state index contributed by atoms with van der Waals surface area (Å²) >= 11 is 0. The Bertz CT molecular complexity index is 500. The molecule has 0 saturated carbocycles. The number of alkyl halides is 3. The highest BCUT2D eigenvalue weighted by molar-refractivity contribution is 5.73. The number of carboxylic acids is 1. The van der Waals surface area contributed by atoms with E-state index in [1.165, 1.54) is 0 Å². The zero-order valence-corrected chi connectivity index (χ0v) is 11.7. The second-order valence-electron chi connectivity index (χ2n) is 5.20. The SMILES string of the molecule is CC(C)CC(NCc1ccc(F)cc1C(F)(F)F)C(=O)O. The van der Waals surface area contributed by atoms with Crippen molar-refractivity contribution in [1.82, 2.24) is 5.32 Å². The molecule has 0 spiro atoms. The van der Waals surface area contributed by atoms with E-state index in [2.05, 4.69) is 5.32 Å². The van der Waals surface area contributed by atoms with Gasteiger partial charge in [-0.2, -0.15) is 13.2 Å². The van der Waals surface area contributed by atoms with Crippen LogP contribution in [0.4, 0.5) is 17.6 Å². The lowest BCUT2D eigenvalue weighted by molar-refractivity contribution is -0.140. The lowest BCUT2D eigenvalue weighted by atomic mass is 10.0. The van der Waals surface area contributed by atoms with Crippen LogP contribution >= 0.6 is 0 Å². The Kier molecular flexibility index (Phi) is 5.71. The Morgan fingerprint density at radius 3 is 2.43 bits per heavy atom. The van der Waals surface area contributed by atoms with Crippen LogP contribution in [0.25, 0.3) is 0 Å². The number of carboxylic acid groups (broad SMARTS) is 1. The fourth-order valence-electron chi connectivity index (χ4n) is 1.94. The molecule has 1 rings (SSSR count). The number of aliphatic carboxylic acids is 1. The van der Waals surface area contributed by atoms with Crippen molar-refractivity contribution < 1.29 is 27.5 Å². The molecule has 1 unspecified atom stereocenters. The van der Waals surface area contributed by atoms with Crippen LogP contribution in [0.5, 0.6) is 0 Å². The van der Waals surface area contributed by atoms with Crippen LogP contribution < -0.4 is 5.32 Å². The van der Waals surface area contributed by atoms with Crippen molar-refractivity contribution in [2.24, 2.45) is 5.92 Å². The van der Waals surface area contributed by atoms with Crippen LogP contribution in [-0.4, -0.2) is 17.1 Å². The molecule has 0 aliphatic rings. The van der Waals surface area contributed by atoms with Gasteiger partial charge in [-0.25, -0.2) is 4.39 Å². The quantitative estimate of drug-likeness (QED) is 0.792. The summed E-state index contributed by atoms with van der Waals surface area (Å²) in [5, 5.41) is 11.6. The molecule has 1 atom stereocenters. The number of carbonyl (C=O) groups is 1. The highest BCUT2D eigenvalue weighted by Gasteiger charge is 2.34. The Hall–Kier alpha value is -1.63. The average molecular weight is 307 g/mol. The third kappa shape index (κ3) is 5.34. The number of hydrogen-bond acceptors (Lipinski definition) is 2. The van der Waals surface area contributed by atoms with E-state index >= 15 is 0 Å². The van der Waals surface area contributed by atoms with Crippen molar-refractivity contribution in [1.29, 1.82) is 0 Å². The molecular weight excluding hydrogens is 290 g/mol. The number of hydrogen-bond donors (Lipinski definition) is 2. The van der Waals surface area contributed by atoms with E-state index in [-0.39, 0.29) is 24.4 Å². The minimum absolute atomic E-state index is 0.0777. The van der Waals surface area contributed by atoms with Crippen molar-refractivity contribution in [3.63, 3.8) is 0 Å². The van der Waals surface area contributed by atoms with Crippen molar-refractivity contribution in [2.75, 3.05) is 0 Å². The molecule has 0 amide bonds. The van der Waals surface area contributed by atoms with Crippen LogP contribution in [0.2, 0.25) is 0 Å². The van der Waals surface area contributed by atoms with Gasteiger partial charge in [0, 0.05) is 6.54 Å². The Labute approximate surface area is 120 Å². The zero-order chi connectivity index (χ0) is 16.2. The molecule has 2 N–H and O–H groups in total. The first-order chi connectivity index (χ1) is 9.61. The van der Waals surface area contributed by atoms with Gasteiger partial charge in [0.15, 0.2) is 0 Å². The summed E-state index contributed by atoms with van der Waals surface area (Å²) in [5.41, 5.74) is -1.28. The van der Waals surface area contributed by atoms with Gasteiger partial charge < -0.3 is 10.4 Å². The lowest BCUT2D eigenvalue weighted by Crippen LogP contribution is -2.37. The predicted octanol–water partition coefficient (Wildman–Crippen LogP) is 3.43. The molecule has 1 aromatic rings. The molecule has 21 heavy (non-hydrogen) atoms. The van der Waals surface area contributed by atoms with Gasteiger partial charge in [-0.15, -0.1) is 0 Å². The summed E-state index contributed by atoms with van der Waals surface area (Å²) in [4.78, 5) is 11.0. The zero-order valence-electron chi connectivity index (χ0n) is 11.7. The summed E-state index contributed by atoms with van der Waals surface area (Å²) < 4.78 is 51.4. The van der Waals surface area contributed by atoms with Crippen LogP contribution in [0.15, 0.2) is 18.2 Å². The Morgan fingerprint density at radius 2 is 1.95 bits per heavy atom. The van der Waals surface area contributed by atoms with Crippen LogP contribution in [0.1, 0.15) is 31.4 Å². The van der Waals surface area contributed by atoms with Crippen molar-refractivity contribution >= 4 is 5.97 Å². The molecule has 0 fully saturated rings. The first-order valence-corrected chi connectivity index (χ1v) is 6.43. The van der Waals surface area contributed by atoms with E-state index < -0.39 is 29.6 Å². The summed E-state index contributed by atoms with van der Waals surface area (Å²) in [6.07, 6.45) is -4.40. The van der Waals surface area contributed by atoms with Gasteiger partial charge in [-0.3, -0.25) is 4.79 Å². The minimum Gasteiger partial charge on any atom is -0.480 e. The second-order valence-corrected chi connectivity index (χ2v) is 5.20.